The molecular formula is C18H20ClN3O2. The summed E-state index contributed by atoms with van der Waals surface area (Å²) in [5, 5.41) is 5.95. The number of nitrogens with one attached hydrogen (secondary N) is 2. The Hall–Kier alpha value is -2.40. The Kier molecular flexibility index (Phi) is 6.32. The Morgan fingerprint density at radius 1 is 1.08 bits per heavy atom. The van der Waals surface area contributed by atoms with Gasteiger partial charge in [0.05, 0.1) is 10.7 Å². The molecule has 0 fully saturated rings. The van der Waals surface area contributed by atoms with Crippen LogP contribution in [0.5, 0.6) is 0 Å². The van der Waals surface area contributed by atoms with E-state index in [-0.39, 0.29) is 11.8 Å². The first-order valence-corrected chi connectivity index (χ1v) is 8.14. The first kappa shape index (κ1) is 17.9. The smallest absolute Gasteiger partial charge is 0.255 e. The second-order valence-corrected chi connectivity index (χ2v) is 6.23. The van der Waals surface area contributed by atoms with Gasteiger partial charge in [0.1, 0.15) is 0 Å². The molecule has 1 heterocycles. The molecule has 2 rings (SSSR count). The molecule has 1 aromatic carbocycles. The number of carbonyl (C=O) groups is 2. The average molecular weight is 346 g/mol. The summed E-state index contributed by atoms with van der Waals surface area (Å²) in [6, 6.07) is 8.01. The van der Waals surface area contributed by atoms with Crippen LogP contribution in [0, 0.1) is 5.92 Å². The van der Waals surface area contributed by atoms with E-state index in [1.807, 2.05) is 0 Å². The lowest BCUT2D eigenvalue weighted by atomic mass is 10.1. The third kappa shape index (κ3) is 5.06. The Labute approximate surface area is 146 Å². The number of halogens is 1. The molecule has 5 nitrogen and oxygen atoms in total. The van der Waals surface area contributed by atoms with Crippen molar-refractivity contribution in [3.63, 3.8) is 0 Å². The van der Waals surface area contributed by atoms with Crippen molar-refractivity contribution in [3.05, 3.63) is 58.9 Å². The number of benzene rings is 1. The van der Waals surface area contributed by atoms with Crippen molar-refractivity contribution in [3.8, 4) is 0 Å². The molecule has 0 radical (unpaired) electrons. The zero-order valence-electron chi connectivity index (χ0n) is 13.7. The van der Waals surface area contributed by atoms with Crippen molar-refractivity contribution >= 4 is 29.1 Å². The topological polar surface area (TPSA) is 71.1 Å². The second kappa shape index (κ2) is 8.45. The molecule has 0 saturated heterocycles. The molecule has 2 aromatic rings. The number of nitrogens with zero attached hydrogens (tertiary/aromatic N) is 1. The zero-order chi connectivity index (χ0) is 17.5. The fourth-order valence-electron chi connectivity index (χ4n) is 2.04. The number of pyridine rings is 1. The van der Waals surface area contributed by atoms with E-state index in [9.17, 15) is 9.59 Å². The lowest BCUT2D eigenvalue weighted by Crippen LogP contribution is -2.25. The summed E-state index contributed by atoms with van der Waals surface area (Å²) in [6.45, 7) is 4.81. The molecule has 126 valence electrons. The van der Waals surface area contributed by atoms with E-state index in [2.05, 4.69) is 29.5 Å². The number of carbonyl (C=O) groups excluding carboxylic acids is 2. The van der Waals surface area contributed by atoms with Crippen LogP contribution in [0.15, 0.2) is 42.7 Å². The van der Waals surface area contributed by atoms with E-state index in [1.54, 1.807) is 30.3 Å². The number of rotatable bonds is 6. The number of hydrogen-bond acceptors (Lipinski definition) is 3. The van der Waals surface area contributed by atoms with E-state index < -0.39 is 0 Å². The van der Waals surface area contributed by atoms with Crippen molar-refractivity contribution < 1.29 is 9.59 Å². The first-order valence-electron chi connectivity index (χ1n) is 7.76. The molecule has 2 amide bonds. The fraction of sp³-hybridized carbons (Fsp3) is 0.278. The van der Waals surface area contributed by atoms with Gasteiger partial charge in [-0.25, -0.2) is 0 Å². The highest BCUT2D eigenvalue weighted by molar-refractivity contribution is 6.34. The molecule has 0 aliphatic carbocycles. The number of anilines is 1. The highest BCUT2D eigenvalue weighted by Crippen LogP contribution is 2.23. The Balaban J connectivity index is 2.08. The molecule has 0 spiro atoms. The van der Waals surface area contributed by atoms with Gasteiger partial charge in [0, 0.05) is 30.1 Å². The molecule has 0 atom stereocenters. The lowest BCUT2D eigenvalue weighted by molar-refractivity contribution is 0.0950. The second-order valence-electron chi connectivity index (χ2n) is 5.82. The highest BCUT2D eigenvalue weighted by atomic mass is 35.5. The Morgan fingerprint density at radius 3 is 2.46 bits per heavy atom. The predicted octanol–water partition coefficient (Wildman–Crippen LogP) is 3.76. The molecule has 2 N–H and O–H groups in total. The van der Waals surface area contributed by atoms with E-state index in [0.717, 1.165) is 6.42 Å². The van der Waals surface area contributed by atoms with Crippen LogP contribution < -0.4 is 10.6 Å². The van der Waals surface area contributed by atoms with Crippen LogP contribution in [-0.2, 0) is 0 Å². The van der Waals surface area contributed by atoms with Crippen LogP contribution in [0.1, 0.15) is 41.0 Å². The van der Waals surface area contributed by atoms with Crippen LogP contribution >= 0.6 is 11.6 Å². The molecule has 0 unspecified atom stereocenters. The summed E-state index contributed by atoms with van der Waals surface area (Å²) in [4.78, 5) is 28.2. The van der Waals surface area contributed by atoms with Gasteiger partial charge in [-0.3, -0.25) is 14.6 Å². The SMILES string of the molecule is CC(C)CCNC(=O)c1ccc(Cl)c(NC(=O)c2ccncc2)c1. The largest absolute Gasteiger partial charge is 0.352 e. The molecule has 0 bridgehead atoms. The van der Waals surface area contributed by atoms with Gasteiger partial charge >= 0.3 is 0 Å². The standard InChI is InChI=1S/C18H20ClN3O2/c1-12(2)5-10-21-17(23)14-3-4-15(19)16(11-14)22-18(24)13-6-8-20-9-7-13/h3-4,6-9,11-12H,5,10H2,1-2H3,(H,21,23)(H,22,24). The maximum Gasteiger partial charge on any atom is 0.255 e. The number of amides is 2. The number of hydrogen-bond donors (Lipinski definition) is 2. The maximum atomic E-state index is 12.2. The summed E-state index contributed by atoms with van der Waals surface area (Å²) >= 11 is 6.12. The summed E-state index contributed by atoms with van der Waals surface area (Å²) in [6.07, 6.45) is 3.98. The van der Waals surface area contributed by atoms with Crippen LogP contribution in [0.2, 0.25) is 5.02 Å². The van der Waals surface area contributed by atoms with Crippen molar-refractivity contribution in [2.45, 2.75) is 20.3 Å². The molecule has 24 heavy (non-hydrogen) atoms. The van der Waals surface area contributed by atoms with Crippen LogP contribution in [0.3, 0.4) is 0 Å². The van der Waals surface area contributed by atoms with Gasteiger partial charge < -0.3 is 10.6 Å². The minimum atomic E-state index is -0.309. The Morgan fingerprint density at radius 2 is 1.79 bits per heavy atom. The van der Waals surface area contributed by atoms with Gasteiger partial charge in [0.2, 0.25) is 0 Å². The normalized spacial score (nSPS) is 10.5. The summed E-state index contributed by atoms with van der Waals surface area (Å²) in [7, 11) is 0. The highest BCUT2D eigenvalue weighted by Gasteiger charge is 2.12. The van der Waals surface area contributed by atoms with Gasteiger partial charge in [0.15, 0.2) is 0 Å². The molecule has 0 aliphatic rings. The Bertz CT molecular complexity index is 717. The van der Waals surface area contributed by atoms with Crippen molar-refractivity contribution in [1.29, 1.82) is 0 Å². The van der Waals surface area contributed by atoms with Gasteiger partial charge in [-0.05, 0) is 42.7 Å². The maximum absolute atomic E-state index is 12.2. The minimum Gasteiger partial charge on any atom is -0.352 e. The van der Waals surface area contributed by atoms with Gasteiger partial charge in [-0.15, -0.1) is 0 Å². The van der Waals surface area contributed by atoms with Crippen molar-refractivity contribution in [2.75, 3.05) is 11.9 Å². The predicted molar refractivity (Wildman–Crippen MR) is 95.4 cm³/mol. The van der Waals surface area contributed by atoms with Crippen LogP contribution in [0.4, 0.5) is 5.69 Å². The average Bonchev–Trinajstić information content (AvgIpc) is 2.57. The molecule has 1 aromatic heterocycles. The summed E-state index contributed by atoms with van der Waals surface area (Å²) < 4.78 is 0. The monoisotopic (exact) mass is 345 g/mol. The molecule has 6 heteroatoms. The quantitative estimate of drug-likeness (QED) is 0.837. The van der Waals surface area contributed by atoms with Crippen LogP contribution in [-0.4, -0.2) is 23.3 Å². The van der Waals surface area contributed by atoms with Gasteiger partial charge in [0.25, 0.3) is 11.8 Å². The minimum absolute atomic E-state index is 0.188. The van der Waals surface area contributed by atoms with Crippen molar-refractivity contribution in [1.82, 2.24) is 10.3 Å². The fourth-order valence-corrected chi connectivity index (χ4v) is 2.20. The van der Waals surface area contributed by atoms with E-state index in [4.69, 9.17) is 11.6 Å². The first-order chi connectivity index (χ1) is 11.5. The third-order valence-corrected chi connectivity index (χ3v) is 3.76. The van der Waals surface area contributed by atoms with Gasteiger partial charge in [-0.2, -0.15) is 0 Å². The summed E-state index contributed by atoms with van der Waals surface area (Å²) in [5.41, 5.74) is 1.32. The zero-order valence-corrected chi connectivity index (χ0v) is 14.4. The third-order valence-electron chi connectivity index (χ3n) is 3.43. The molecular weight excluding hydrogens is 326 g/mol. The van der Waals surface area contributed by atoms with E-state index in [0.29, 0.717) is 34.3 Å². The molecule has 0 saturated carbocycles. The number of aromatic nitrogens is 1. The van der Waals surface area contributed by atoms with Gasteiger partial charge in [-0.1, -0.05) is 25.4 Å². The lowest BCUT2D eigenvalue weighted by Gasteiger charge is -2.11. The van der Waals surface area contributed by atoms with E-state index >= 15 is 0 Å². The molecule has 0 aliphatic heterocycles. The van der Waals surface area contributed by atoms with E-state index in [1.165, 1.54) is 12.4 Å². The van der Waals surface area contributed by atoms with Crippen LogP contribution in [0.25, 0.3) is 0 Å². The van der Waals surface area contributed by atoms with Crippen molar-refractivity contribution in [2.24, 2.45) is 5.92 Å². The summed E-state index contributed by atoms with van der Waals surface area (Å²) in [5.74, 6) is 0.0223.